The molecule has 1 amide bonds. The van der Waals surface area contributed by atoms with E-state index >= 15 is 0 Å². The van der Waals surface area contributed by atoms with Crippen molar-refractivity contribution >= 4 is 17.3 Å². The number of nitrogens with one attached hydrogen (secondary N) is 2. The first kappa shape index (κ1) is 18.1. The van der Waals surface area contributed by atoms with E-state index in [0.29, 0.717) is 6.07 Å². The summed E-state index contributed by atoms with van der Waals surface area (Å²) in [7, 11) is 0. The van der Waals surface area contributed by atoms with Gasteiger partial charge in [-0.05, 0) is 18.2 Å². The molecular weight excluding hydrogens is 345 g/mol. The van der Waals surface area contributed by atoms with Crippen molar-refractivity contribution in [3.05, 3.63) is 58.4 Å². The van der Waals surface area contributed by atoms with Gasteiger partial charge in [-0.25, -0.2) is 0 Å². The number of halogens is 3. The number of benzene rings is 1. The Bertz CT molecular complexity index is 783. The molecule has 0 atom stereocenters. The van der Waals surface area contributed by atoms with Crippen molar-refractivity contribution in [1.82, 2.24) is 10.5 Å². The number of hydrogen-bond acceptors (Lipinski definition) is 6. The molecule has 0 saturated carbocycles. The van der Waals surface area contributed by atoms with Crippen LogP contribution < -0.4 is 15.6 Å². The third-order valence-corrected chi connectivity index (χ3v) is 2.79. The summed E-state index contributed by atoms with van der Waals surface area (Å²) >= 11 is 0. The average molecular weight is 356 g/mol. The third kappa shape index (κ3) is 5.42. The van der Waals surface area contributed by atoms with E-state index in [2.05, 4.69) is 15.8 Å². The van der Waals surface area contributed by atoms with E-state index < -0.39 is 29.2 Å². The van der Waals surface area contributed by atoms with E-state index in [1.54, 1.807) is 0 Å². The Labute approximate surface area is 138 Å². The maximum atomic E-state index is 12.5. The zero-order valence-corrected chi connectivity index (χ0v) is 12.4. The molecule has 0 aliphatic rings. The number of hydroxylamine groups is 1. The predicted molar refractivity (Wildman–Crippen MR) is 79.6 cm³/mol. The molecule has 11 heteroatoms. The Morgan fingerprint density at radius 1 is 1.28 bits per heavy atom. The summed E-state index contributed by atoms with van der Waals surface area (Å²) in [5, 5.41) is 12.9. The molecular formula is C14H11F3N4O4. The zero-order chi connectivity index (χ0) is 18.4. The fourth-order valence-electron chi connectivity index (χ4n) is 1.71. The number of nitrogens with zero attached hydrogens (tertiary/aromatic N) is 2. The zero-order valence-electron chi connectivity index (χ0n) is 12.4. The molecule has 0 spiro atoms. The van der Waals surface area contributed by atoms with E-state index in [1.807, 2.05) is 0 Å². The second-order valence-corrected chi connectivity index (χ2v) is 4.65. The van der Waals surface area contributed by atoms with Crippen molar-refractivity contribution in [2.24, 2.45) is 0 Å². The van der Waals surface area contributed by atoms with Crippen LogP contribution in [0.25, 0.3) is 0 Å². The van der Waals surface area contributed by atoms with Gasteiger partial charge >= 0.3 is 6.18 Å². The highest BCUT2D eigenvalue weighted by Crippen LogP contribution is 2.28. The van der Waals surface area contributed by atoms with E-state index in [4.69, 9.17) is 4.84 Å². The van der Waals surface area contributed by atoms with Crippen molar-refractivity contribution in [1.29, 1.82) is 0 Å². The lowest BCUT2D eigenvalue weighted by molar-refractivity contribution is -0.385. The summed E-state index contributed by atoms with van der Waals surface area (Å²) in [5.41, 5.74) is 0.854. The summed E-state index contributed by atoms with van der Waals surface area (Å²) in [5.74, 6) is -0.574. The number of anilines is 1. The first-order valence-corrected chi connectivity index (χ1v) is 6.73. The third-order valence-electron chi connectivity index (χ3n) is 2.79. The quantitative estimate of drug-likeness (QED) is 0.608. The molecule has 132 valence electrons. The molecule has 0 saturated heterocycles. The van der Waals surface area contributed by atoms with Crippen molar-refractivity contribution in [2.75, 3.05) is 11.9 Å². The molecule has 2 rings (SSSR count). The Morgan fingerprint density at radius 2 is 2.04 bits per heavy atom. The summed E-state index contributed by atoms with van der Waals surface area (Å²) in [4.78, 5) is 29.8. The minimum atomic E-state index is -4.62. The molecule has 0 radical (unpaired) electrons. The summed E-state index contributed by atoms with van der Waals surface area (Å²) in [6.45, 7) is -0.396. The maximum Gasteiger partial charge on any atom is 0.433 e. The molecule has 0 fully saturated rings. The molecule has 2 aromatic rings. The fourth-order valence-corrected chi connectivity index (χ4v) is 1.71. The van der Waals surface area contributed by atoms with Crippen molar-refractivity contribution in [3.63, 3.8) is 0 Å². The topological polar surface area (TPSA) is 106 Å². The molecule has 1 aromatic heterocycles. The smallest absolute Gasteiger partial charge is 0.408 e. The number of carbonyl (C=O) groups is 1. The highest BCUT2D eigenvalue weighted by molar-refractivity contribution is 5.92. The molecule has 8 nitrogen and oxygen atoms in total. The molecule has 2 N–H and O–H groups in total. The van der Waals surface area contributed by atoms with Gasteiger partial charge in [-0.15, -0.1) is 5.48 Å². The van der Waals surface area contributed by atoms with Crippen LogP contribution in [-0.4, -0.2) is 22.4 Å². The summed E-state index contributed by atoms with van der Waals surface area (Å²) < 4.78 is 37.6. The number of hydrogen-bond donors (Lipinski definition) is 2. The Morgan fingerprint density at radius 3 is 2.72 bits per heavy atom. The largest absolute Gasteiger partial charge is 0.433 e. The van der Waals surface area contributed by atoms with Gasteiger partial charge in [0.1, 0.15) is 12.2 Å². The summed E-state index contributed by atoms with van der Waals surface area (Å²) in [6.07, 6.45) is -3.70. The van der Waals surface area contributed by atoms with Gasteiger partial charge in [0.2, 0.25) is 5.91 Å². The van der Waals surface area contributed by atoms with Crippen LogP contribution in [0, 0.1) is 10.1 Å². The van der Waals surface area contributed by atoms with E-state index in [-0.39, 0.29) is 17.1 Å². The van der Waals surface area contributed by atoms with Crippen LogP contribution in [0.2, 0.25) is 0 Å². The number of rotatable bonds is 6. The number of amides is 1. The monoisotopic (exact) mass is 356 g/mol. The second-order valence-electron chi connectivity index (χ2n) is 4.65. The lowest BCUT2D eigenvalue weighted by atomic mass is 10.3. The van der Waals surface area contributed by atoms with E-state index in [0.717, 1.165) is 12.3 Å². The van der Waals surface area contributed by atoms with Crippen LogP contribution in [0.1, 0.15) is 5.69 Å². The molecule has 0 aliphatic carbocycles. The number of aromatic nitrogens is 1. The van der Waals surface area contributed by atoms with Crippen molar-refractivity contribution in [2.45, 2.75) is 6.18 Å². The number of non-ortho nitro benzene ring substituents is 1. The van der Waals surface area contributed by atoms with Gasteiger partial charge in [-0.1, -0.05) is 6.07 Å². The van der Waals surface area contributed by atoms with Gasteiger partial charge < -0.3 is 10.2 Å². The Kier molecular flexibility index (Phi) is 5.49. The fraction of sp³-hybridized carbons (Fsp3) is 0.143. The maximum absolute atomic E-state index is 12.5. The second kappa shape index (κ2) is 7.57. The first-order valence-electron chi connectivity index (χ1n) is 6.73. The molecule has 0 aliphatic heterocycles. The van der Waals surface area contributed by atoms with Crippen LogP contribution >= 0.6 is 0 Å². The number of carbonyl (C=O) groups excluding carboxylic acids is 1. The highest BCUT2D eigenvalue weighted by Gasteiger charge is 2.32. The van der Waals surface area contributed by atoms with Gasteiger partial charge in [-0.2, -0.15) is 13.2 Å². The van der Waals surface area contributed by atoms with Crippen LogP contribution in [0.4, 0.5) is 24.5 Å². The molecule has 1 aromatic carbocycles. The van der Waals surface area contributed by atoms with Crippen molar-refractivity contribution in [3.8, 4) is 5.75 Å². The van der Waals surface area contributed by atoms with Gasteiger partial charge in [-0.3, -0.25) is 19.9 Å². The SMILES string of the molecule is O=C(CNOc1cccc([N+](=O)[O-])c1)Nc1ccnc(C(F)(F)F)c1. The normalized spacial score (nSPS) is 11.0. The number of pyridine rings is 1. The Hall–Kier alpha value is -3.21. The van der Waals surface area contributed by atoms with E-state index in [1.165, 1.54) is 24.3 Å². The standard InChI is InChI=1S/C14H11F3N4O4/c15-14(16,17)12-6-9(4-5-18-12)20-13(22)8-19-25-11-3-1-2-10(7-11)21(23)24/h1-7,19H,8H2,(H,18,20,22). The average Bonchev–Trinajstić information content (AvgIpc) is 2.54. The number of nitro groups is 1. The molecule has 1 heterocycles. The molecule has 25 heavy (non-hydrogen) atoms. The minimum Gasteiger partial charge on any atom is -0.408 e. The van der Waals surface area contributed by atoms with Crippen LogP contribution in [0.15, 0.2) is 42.6 Å². The van der Waals surface area contributed by atoms with Gasteiger partial charge in [0, 0.05) is 18.0 Å². The molecule has 0 bridgehead atoms. The highest BCUT2D eigenvalue weighted by atomic mass is 19.4. The lowest BCUT2D eigenvalue weighted by Gasteiger charge is -2.10. The number of nitro benzene ring substituents is 1. The minimum absolute atomic E-state index is 0.0792. The molecule has 0 unspecified atom stereocenters. The van der Waals surface area contributed by atoms with Crippen LogP contribution in [0.5, 0.6) is 5.75 Å². The van der Waals surface area contributed by atoms with E-state index in [9.17, 15) is 28.1 Å². The first-order chi connectivity index (χ1) is 11.8. The van der Waals surface area contributed by atoms with Gasteiger partial charge in [0.25, 0.3) is 5.69 Å². The predicted octanol–water partition coefficient (Wildman–Crippen LogP) is 2.53. The van der Waals surface area contributed by atoms with Crippen LogP contribution in [-0.2, 0) is 11.0 Å². The summed E-state index contributed by atoms with van der Waals surface area (Å²) in [6, 6.07) is 7.12. The number of alkyl halides is 3. The lowest BCUT2D eigenvalue weighted by Crippen LogP contribution is -2.30. The Balaban J connectivity index is 1.87. The van der Waals surface area contributed by atoms with Crippen molar-refractivity contribution < 1.29 is 27.7 Å². The van der Waals surface area contributed by atoms with Crippen LogP contribution in [0.3, 0.4) is 0 Å². The van der Waals surface area contributed by atoms with Gasteiger partial charge in [0.15, 0.2) is 5.75 Å². The van der Waals surface area contributed by atoms with Gasteiger partial charge in [0.05, 0.1) is 11.0 Å².